The molecule has 62 valence electrons. The molecule has 0 fully saturated rings. The normalized spacial score (nSPS) is 8.08. The minimum Gasteiger partial charge on any atom is -0.662 e. The molecule has 0 aliphatic rings. The standard InChI is InChI=1S/C7H12N2O2.Na/c1-3-4-6(10)9-5(2)7(8)11;/h2-4H2,1H3,(H3,8,9,10,11);/q;+1/p-1. The minimum atomic E-state index is -0.950. The number of hydrogen-bond donors (Lipinski definition) is 1. The third-order valence-electron chi connectivity index (χ3n) is 1.04. The molecule has 12 heavy (non-hydrogen) atoms. The van der Waals surface area contributed by atoms with Gasteiger partial charge in [0.25, 0.3) is 0 Å². The molecular formula is C7H11N2NaO2. The molecule has 0 aliphatic carbocycles. The van der Waals surface area contributed by atoms with E-state index in [-0.39, 0.29) is 41.2 Å². The van der Waals surface area contributed by atoms with Crippen molar-refractivity contribution >= 4 is 11.8 Å². The zero-order valence-electron chi connectivity index (χ0n) is 7.44. The Bertz CT molecular complexity index is 192. The predicted octanol–water partition coefficient (Wildman–Crippen LogP) is -2.00. The van der Waals surface area contributed by atoms with Crippen molar-refractivity contribution in [2.45, 2.75) is 19.8 Å². The number of amides is 2. The van der Waals surface area contributed by atoms with Gasteiger partial charge in [-0.25, -0.2) is 0 Å². The number of nitrogens with one attached hydrogen (secondary N) is 2. The van der Waals surface area contributed by atoms with E-state index in [0.717, 1.165) is 0 Å². The summed E-state index contributed by atoms with van der Waals surface area (Å²) in [6.07, 6.45) is 1.07. The van der Waals surface area contributed by atoms with Gasteiger partial charge in [-0.15, -0.1) is 0 Å². The number of carbonyl (C=O) groups is 2. The van der Waals surface area contributed by atoms with Crippen molar-refractivity contribution in [3.63, 3.8) is 0 Å². The second-order valence-corrected chi connectivity index (χ2v) is 2.11. The van der Waals surface area contributed by atoms with Crippen molar-refractivity contribution in [2.75, 3.05) is 0 Å². The molecular weight excluding hydrogens is 167 g/mol. The van der Waals surface area contributed by atoms with Gasteiger partial charge in [0, 0.05) is 6.42 Å². The Balaban J connectivity index is 0. The zero-order valence-corrected chi connectivity index (χ0v) is 9.44. The molecule has 0 aliphatic heterocycles. The fraction of sp³-hybridized carbons (Fsp3) is 0.429. The van der Waals surface area contributed by atoms with Gasteiger partial charge in [-0.1, -0.05) is 13.5 Å². The molecule has 0 unspecified atom stereocenters. The van der Waals surface area contributed by atoms with E-state index in [4.69, 9.17) is 5.73 Å². The van der Waals surface area contributed by atoms with Gasteiger partial charge in [-0.3, -0.25) is 4.79 Å². The number of carbonyl (C=O) groups excluding carboxylic acids is 2. The largest absolute Gasteiger partial charge is 1.00 e. The van der Waals surface area contributed by atoms with Gasteiger partial charge in [-0.05, 0) is 6.42 Å². The summed E-state index contributed by atoms with van der Waals surface area (Å²) >= 11 is 0. The van der Waals surface area contributed by atoms with Crippen molar-refractivity contribution in [2.24, 2.45) is 0 Å². The van der Waals surface area contributed by atoms with Crippen LogP contribution in [0.1, 0.15) is 19.8 Å². The molecule has 0 aromatic rings. The van der Waals surface area contributed by atoms with E-state index in [2.05, 4.69) is 11.9 Å². The molecule has 5 heteroatoms. The molecule has 0 aromatic heterocycles. The summed E-state index contributed by atoms with van der Waals surface area (Å²) < 4.78 is 0. The summed E-state index contributed by atoms with van der Waals surface area (Å²) in [6, 6.07) is 0. The molecule has 2 amide bonds. The van der Waals surface area contributed by atoms with Gasteiger partial charge in [0.1, 0.15) is 0 Å². The maximum Gasteiger partial charge on any atom is 1.00 e. The molecule has 4 nitrogen and oxygen atoms in total. The summed E-state index contributed by atoms with van der Waals surface area (Å²) in [5, 5.41) is 2.21. The Labute approximate surface area is 93.9 Å². The summed E-state index contributed by atoms with van der Waals surface area (Å²) in [5.41, 5.74) is 6.39. The summed E-state index contributed by atoms with van der Waals surface area (Å²) in [6.45, 7) is 5.06. The van der Waals surface area contributed by atoms with Crippen molar-refractivity contribution < 1.29 is 39.1 Å². The van der Waals surface area contributed by atoms with Gasteiger partial charge >= 0.3 is 29.6 Å². The summed E-state index contributed by atoms with van der Waals surface area (Å²) in [4.78, 5) is 21.0. The van der Waals surface area contributed by atoms with E-state index in [9.17, 15) is 9.59 Å². The number of rotatable bonds is 4. The second kappa shape index (κ2) is 7.34. The molecule has 2 N–H and O–H groups in total. The van der Waals surface area contributed by atoms with Crippen LogP contribution in [0.25, 0.3) is 5.73 Å². The molecule has 0 heterocycles. The van der Waals surface area contributed by atoms with Gasteiger partial charge < -0.3 is 15.8 Å². The predicted molar refractivity (Wildman–Crippen MR) is 41.5 cm³/mol. The average molecular weight is 178 g/mol. The third-order valence-corrected chi connectivity index (χ3v) is 1.04. The average Bonchev–Trinajstić information content (AvgIpc) is 1.87. The first kappa shape index (κ1) is 14.2. The van der Waals surface area contributed by atoms with Gasteiger partial charge in [0.05, 0.1) is 11.6 Å². The smallest absolute Gasteiger partial charge is 0.662 e. The van der Waals surface area contributed by atoms with Crippen LogP contribution >= 0.6 is 0 Å². The van der Waals surface area contributed by atoms with E-state index >= 15 is 0 Å². The molecule has 0 spiro atoms. The molecule has 0 saturated carbocycles. The van der Waals surface area contributed by atoms with Crippen LogP contribution in [0, 0.1) is 0 Å². The maximum atomic E-state index is 10.8. The van der Waals surface area contributed by atoms with Crippen LogP contribution in [-0.4, -0.2) is 11.8 Å². The van der Waals surface area contributed by atoms with Gasteiger partial charge in [0.15, 0.2) is 0 Å². The Kier molecular flexibility index (Phi) is 8.69. The summed E-state index contributed by atoms with van der Waals surface area (Å²) in [7, 11) is 0. The molecule has 0 radical (unpaired) electrons. The fourth-order valence-corrected chi connectivity index (χ4v) is 0.515. The first-order valence-corrected chi connectivity index (χ1v) is 3.32. The van der Waals surface area contributed by atoms with E-state index < -0.39 is 5.91 Å². The van der Waals surface area contributed by atoms with E-state index in [1.165, 1.54) is 0 Å². The monoisotopic (exact) mass is 178 g/mol. The Morgan fingerprint density at radius 2 is 2.00 bits per heavy atom. The van der Waals surface area contributed by atoms with Crippen molar-refractivity contribution in [3.8, 4) is 0 Å². The van der Waals surface area contributed by atoms with Crippen molar-refractivity contribution in [1.29, 1.82) is 0 Å². The SMILES string of the molecule is C=C(NC(=O)CCC)C([NH-])=O.[Na+]. The molecule has 0 atom stereocenters. The first-order valence-electron chi connectivity index (χ1n) is 3.32. The van der Waals surface area contributed by atoms with Crippen LogP contribution in [0.15, 0.2) is 12.3 Å². The van der Waals surface area contributed by atoms with E-state index in [0.29, 0.717) is 12.8 Å². The fourth-order valence-electron chi connectivity index (χ4n) is 0.515. The van der Waals surface area contributed by atoms with E-state index in [1.54, 1.807) is 0 Å². The number of hydrogen-bond acceptors (Lipinski definition) is 2. The Hall–Kier alpha value is -0.320. The quantitative estimate of drug-likeness (QED) is 0.399. The van der Waals surface area contributed by atoms with Crippen LogP contribution in [0.3, 0.4) is 0 Å². The topological polar surface area (TPSA) is 70.0 Å². The van der Waals surface area contributed by atoms with Crippen molar-refractivity contribution in [1.82, 2.24) is 5.32 Å². The Morgan fingerprint density at radius 1 is 1.50 bits per heavy atom. The van der Waals surface area contributed by atoms with E-state index in [1.807, 2.05) is 6.92 Å². The third kappa shape index (κ3) is 6.39. The molecule has 0 aromatic carbocycles. The van der Waals surface area contributed by atoms with Crippen LogP contribution in [0.4, 0.5) is 0 Å². The maximum absolute atomic E-state index is 10.8. The summed E-state index contributed by atoms with van der Waals surface area (Å²) in [5.74, 6) is -1.22. The van der Waals surface area contributed by atoms with Crippen LogP contribution in [-0.2, 0) is 9.59 Å². The van der Waals surface area contributed by atoms with Crippen molar-refractivity contribution in [3.05, 3.63) is 18.0 Å². The van der Waals surface area contributed by atoms with Crippen LogP contribution in [0.5, 0.6) is 0 Å². The van der Waals surface area contributed by atoms with Crippen LogP contribution in [0.2, 0.25) is 0 Å². The zero-order chi connectivity index (χ0) is 8.85. The molecule has 0 saturated heterocycles. The van der Waals surface area contributed by atoms with Gasteiger partial charge in [-0.2, -0.15) is 0 Å². The first-order chi connectivity index (χ1) is 5.07. The molecule has 0 bridgehead atoms. The van der Waals surface area contributed by atoms with Crippen LogP contribution < -0.4 is 34.9 Å². The molecule has 0 rings (SSSR count). The Morgan fingerprint density at radius 3 is 2.33 bits per heavy atom. The minimum absolute atomic E-state index is 0. The second-order valence-electron chi connectivity index (χ2n) is 2.11. The van der Waals surface area contributed by atoms with Gasteiger partial charge in [0.2, 0.25) is 5.91 Å².